The van der Waals surface area contributed by atoms with Crippen molar-refractivity contribution in [2.75, 3.05) is 19.1 Å². The fraction of sp³-hybridized carbons (Fsp3) is 0.219. The molecular weight excluding hydrogens is 599 g/mol. The second kappa shape index (κ2) is 11.8. The summed E-state index contributed by atoms with van der Waals surface area (Å²) in [4.78, 5) is 33.4. The predicted octanol–water partition coefficient (Wildman–Crippen LogP) is 6.05. The molecule has 44 heavy (non-hydrogen) atoms. The van der Waals surface area contributed by atoms with Crippen LogP contribution in [0.3, 0.4) is 0 Å². The number of thioether (sulfide) groups is 1. The van der Waals surface area contributed by atoms with E-state index in [9.17, 15) is 14.7 Å². The number of imidazole rings is 1. The van der Waals surface area contributed by atoms with Crippen molar-refractivity contribution < 1.29 is 24.2 Å². The summed E-state index contributed by atoms with van der Waals surface area (Å²) in [5.41, 5.74) is 5.11. The zero-order valence-corrected chi connectivity index (χ0v) is 26.3. The van der Waals surface area contributed by atoms with Crippen LogP contribution in [0.1, 0.15) is 39.7 Å². The maximum Gasteiger partial charge on any atom is 0.301 e. The topological polar surface area (TPSA) is 119 Å². The van der Waals surface area contributed by atoms with Crippen molar-refractivity contribution in [3.05, 3.63) is 100 Å². The van der Waals surface area contributed by atoms with Crippen molar-refractivity contribution in [1.29, 1.82) is 0 Å². The molecule has 4 heterocycles. The van der Waals surface area contributed by atoms with Crippen LogP contribution in [0.5, 0.6) is 11.5 Å². The fourth-order valence-corrected chi connectivity index (χ4v) is 7.05. The van der Waals surface area contributed by atoms with E-state index in [0.717, 1.165) is 11.1 Å². The van der Waals surface area contributed by atoms with Crippen molar-refractivity contribution in [3.8, 4) is 11.5 Å². The summed E-state index contributed by atoms with van der Waals surface area (Å²) < 4.78 is 13.4. The summed E-state index contributed by atoms with van der Waals surface area (Å²) >= 11 is 2.70. The van der Waals surface area contributed by atoms with Crippen LogP contribution in [0.25, 0.3) is 11.4 Å². The molecule has 0 spiro atoms. The lowest BCUT2D eigenvalue weighted by atomic mass is 9.96. The Morgan fingerprint density at radius 2 is 1.75 bits per heavy atom. The number of carbonyl (C=O) groups excluding carboxylic acids is 2. The molecule has 224 valence electrons. The number of carbonyl (C=O) groups is 2. The molecule has 0 saturated carbocycles. The zero-order chi connectivity index (χ0) is 31.1. The van der Waals surface area contributed by atoms with Crippen molar-refractivity contribution in [2.24, 2.45) is 0 Å². The van der Waals surface area contributed by atoms with Crippen LogP contribution in [-0.4, -0.2) is 50.6 Å². The summed E-state index contributed by atoms with van der Waals surface area (Å²) in [6, 6.07) is 16.1. The molecular formula is C32H29N5O5S2. The summed E-state index contributed by atoms with van der Waals surface area (Å²) in [5, 5.41) is 20.6. The number of ether oxygens (including phenoxy) is 2. The summed E-state index contributed by atoms with van der Waals surface area (Å²) in [5.74, 6) is -0.494. The van der Waals surface area contributed by atoms with Gasteiger partial charge in [0.1, 0.15) is 11.3 Å². The van der Waals surface area contributed by atoms with Gasteiger partial charge in [-0.2, -0.15) is 0 Å². The number of nitrogens with zero attached hydrogens (tertiary/aromatic N) is 5. The molecule has 0 bridgehead atoms. The maximum atomic E-state index is 13.8. The van der Waals surface area contributed by atoms with Crippen molar-refractivity contribution in [1.82, 2.24) is 19.6 Å². The number of pyridine rings is 1. The minimum Gasteiger partial charge on any atom is -0.505 e. The first-order valence-corrected chi connectivity index (χ1v) is 15.5. The van der Waals surface area contributed by atoms with Gasteiger partial charge in [0.05, 0.1) is 31.5 Å². The molecule has 1 aliphatic heterocycles. The molecule has 1 aliphatic rings. The molecule has 1 N–H and O–H groups in total. The van der Waals surface area contributed by atoms with Gasteiger partial charge in [-0.25, -0.2) is 4.98 Å². The fourth-order valence-electron chi connectivity index (χ4n) is 5.23. The molecule has 6 rings (SSSR count). The van der Waals surface area contributed by atoms with E-state index in [-0.39, 0.29) is 22.2 Å². The number of hydrogen-bond donors (Lipinski definition) is 1. The highest BCUT2D eigenvalue weighted by Crippen LogP contribution is 2.45. The Balaban J connectivity index is 1.46. The summed E-state index contributed by atoms with van der Waals surface area (Å²) in [6.45, 7) is 5.76. The molecule has 1 fully saturated rings. The normalized spacial score (nSPS) is 16.2. The third-order valence-electron chi connectivity index (χ3n) is 7.56. The van der Waals surface area contributed by atoms with Crippen molar-refractivity contribution in [3.63, 3.8) is 0 Å². The lowest BCUT2D eigenvalue weighted by molar-refractivity contribution is -0.132. The minimum atomic E-state index is -1.02. The quantitative estimate of drug-likeness (QED) is 0.0721. The summed E-state index contributed by atoms with van der Waals surface area (Å²) in [6.07, 6.45) is 1.84. The highest BCUT2D eigenvalue weighted by atomic mass is 32.2. The Labute approximate surface area is 262 Å². The molecule has 10 nitrogen and oxygen atoms in total. The number of Topliss-reactive ketones (excluding diaryl/α,β-unsaturated/α-hetero) is 1. The van der Waals surface area contributed by atoms with E-state index in [1.165, 1.54) is 47.8 Å². The van der Waals surface area contributed by atoms with E-state index >= 15 is 0 Å². The smallest absolute Gasteiger partial charge is 0.301 e. The number of rotatable bonds is 8. The molecule has 12 heteroatoms. The van der Waals surface area contributed by atoms with Crippen LogP contribution in [0, 0.1) is 20.8 Å². The Morgan fingerprint density at radius 3 is 2.45 bits per heavy atom. The number of aromatic nitrogens is 4. The Bertz CT molecular complexity index is 1950. The Kier molecular flexibility index (Phi) is 7.87. The molecule has 1 atom stereocenters. The molecule has 5 aromatic rings. The van der Waals surface area contributed by atoms with E-state index in [0.29, 0.717) is 38.5 Å². The van der Waals surface area contributed by atoms with Crippen LogP contribution in [0.4, 0.5) is 5.13 Å². The number of fused-ring (bicyclic) bond motifs is 1. The summed E-state index contributed by atoms with van der Waals surface area (Å²) in [7, 11) is 3.03. The zero-order valence-electron chi connectivity index (χ0n) is 24.7. The Hall–Kier alpha value is -4.68. The van der Waals surface area contributed by atoms with Gasteiger partial charge in [-0.1, -0.05) is 65.1 Å². The van der Waals surface area contributed by atoms with Crippen LogP contribution in [-0.2, 0) is 15.3 Å². The van der Waals surface area contributed by atoms with Crippen LogP contribution in [0.15, 0.2) is 70.7 Å². The number of aliphatic hydroxyl groups is 1. The first-order chi connectivity index (χ1) is 21.2. The third kappa shape index (κ3) is 5.09. The number of hydrogen-bond acceptors (Lipinski definition) is 10. The second-order valence-electron chi connectivity index (χ2n) is 10.3. The standard InChI is InChI=1S/C32H29N5O5S2/c1-17-8-10-20(11-9-17)16-43-32-35-34-31(44-32)37-26(21-12-13-22(41-4)23(15-21)42-5)24(28(39)30(37)40)27(38)25-19(3)36-14-6-7-18(2)29(36)33-25/h6-15,26,38H,16H2,1-5H3/b27-24+. The lowest BCUT2D eigenvalue weighted by Crippen LogP contribution is -2.29. The van der Waals surface area contributed by atoms with Gasteiger partial charge in [0, 0.05) is 11.9 Å². The Morgan fingerprint density at radius 1 is 1.00 bits per heavy atom. The number of methoxy groups -OCH3 is 2. The molecule has 1 amide bonds. The van der Waals surface area contributed by atoms with Crippen molar-refractivity contribution in [2.45, 2.75) is 36.9 Å². The second-order valence-corrected chi connectivity index (χ2v) is 12.5. The number of aryl methyl sites for hydroxylation is 3. The minimum absolute atomic E-state index is 0.101. The molecule has 0 radical (unpaired) electrons. The molecule has 1 unspecified atom stereocenters. The molecule has 0 aliphatic carbocycles. The number of aliphatic hydroxyl groups excluding tert-OH is 1. The van der Waals surface area contributed by atoms with Gasteiger partial charge in [0.2, 0.25) is 5.13 Å². The SMILES string of the molecule is COc1ccc(C2/C(=C(\O)c3nc4c(C)cccn4c3C)C(=O)C(=O)N2c2nnc(SCc3ccc(C)cc3)s2)cc1OC. The van der Waals surface area contributed by atoms with E-state index in [1.54, 1.807) is 25.1 Å². The molecule has 1 saturated heterocycles. The first-order valence-electron chi connectivity index (χ1n) is 13.7. The van der Waals surface area contributed by atoms with Gasteiger partial charge < -0.3 is 19.0 Å². The van der Waals surface area contributed by atoms with E-state index in [4.69, 9.17) is 9.47 Å². The van der Waals surface area contributed by atoms with Gasteiger partial charge in [-0.05, 0) is 55.7 Å². The average molecular weight is 628 g/mol. The van der Waals surface area contributed by atoms with E-state index < -0.39 is 17.7 Å². The van der Waals surface area contributed by atoms with Gasteiger partial charge >= 0.3 is 5.91 Å². The van der Waals surface area contributed by atoms with E-state index in [1.807, 2.05) is 36.6 Å². The number of benzene rings is 2. The van der Waals surface area contributed by atoms with Gasteiger partial charge in [-0.3, -0.25) is 14.5 Å². The van der Waals surface area contributed by atoms with Gasteiger partial charge in [-0.15, -0.1) is 10.2 Å². The van der Waals surface area contributed by atoms with Crippen molar-refractivity contribution >= 4 is 51.3 Å². The lowest BCUT2D eigenvalue weighted by Gasteiger charge is -2.23. The largest absolute Gasteiger partial charge is 0.505 e. The molecule has 3 aromatic heterocycles. The maximum absolute atomic E-state index is 13.8. The van der Waals surface area contributed by atoms with Gasteiger partial charge in [0.25, 0.3) is 5.78 Å². The van der Waals surface area contributed by atoms with Crippen LogP contribution < -0.4 is 14.4 Å². The number of anilines is 1. The van der Waals surface area contributed by atoms with E-state index in [2.05, 4.69) is 39.4 Å². The first kappa shape index (κ1) is 29.4. The van der Waals surface area contributed by atoms with Crippen LogP contribution in [0.2, 0.25) is 0 Å². The highest BCUT2D eigenvalue weighted by Gasteiger charge is 2.49. The monoisotopic (exact) mass is 627 g/mol. The highest BCUT2D eigenvalue weighted by molar-refractivity contribution is 8.00. The predicted molar refractivity (Wildman–Crippen MR) is 170 cm³/mol. The van der Waals surface area contributed by atoms with Crippen LogP contribution >= 0.6 is 23.1 Å². The number of amides is 1. The average Bonchev–Trinajstić information content (AvgIpc) is 3.71. The number of ketones is 1. The molecule has 2 aromatic carbocycles. The van der Waals surface area contributed by atoms with Gasteiger partial charge in [0.15, 0.2) is 21.6 Å². The third-order valence-corrected chi connectivity index (χ3v) is 9.69.